The summed E-state index contributed by atoms with van der Waals surface area (Å²) < 4.78 is 14.3. The summed E-state index contributed by atoms with van der Waals surface area (Å²) in [6, 6.07) is 3.16. The van der Waals surface area contributed by atoms with Crippen LogP contribution in [0.25, 0.3) is 0 Å². The third-order valence-corrected chi connectivity index (χ3v) is 4.54. The van der Waals surface area contributed by atoms with Gasteiger partial charge in [-0.05, 0) is 30.9 Å². The van der Waals surface area contributed by atoms with E-state index in [1.54, 1.807) is 6.07 Å². The Morgan fingerprint density at radius 3 is 2.70 bits per heavy atom. The third kappa shape index (κ3) is 2.81. The van der Waals surface area contributed by atoms with E-state index < -0.39 is 0 Å². The zero-order valence-electron chi connectivity index (χ0n) is 12.0. The van der Waals surface area contributed by atoms with Crippen LogP contribution in [0.1, 0.15) is 36.4 Å². The Hall–Kier alpha value is -1.13. The Balaban J connectivity index is 1.93. The molecule has 3 rings (SSSR count). The first-order valence-electron chi connectivity index (χ1n) is 7.59. The summed E-state index contributed by atoms with van der Waals surface area (Å²) >= 11 is 0. The van der Waals surface area contributed by atoms with E-state index in [1.165, 1.54) is 18.9 Å². The average molecular weight is 278 g/mol. The zero-order chi connectivity index (χ0) is 14.1. The van der Waals surface area contributed by atoms with Gasteiger partial charge in [0, 0.05) is 37.8 Å². The maximum absolute atomic E-state index is 14.3. The lowest BCUT2D eigenvalue weighted by Crippen LogP contribution is -2.45. The number of phenolic OH excluding ortho intramolecular Hbond substituents is 1. The van der Waals surface area contributed by atoms with E-state index in [0.29, 0.717) is 11.5 Å². The number of rotatable bonds is 4. The predicted octanol–water partition coefficient (Wildman–Crippen LogP) is 2.59. The van der Waals surface area contributed by atoms with Gasteiger partial charge in [-0.2, -0.15) is 0 Å². The maximum Gasteiger partial charge on any atom is 0.131 e. The molecule has 2 fully saturated rings. The van der Waals surface area contributed by atoms with E-state index in [1.807, 2.05) is 6.92 Å². The molecule has 20 heavy (non-hydrogen) atoms. The highest BCUT2D eigenvalue weighted by atomic mass is 19.1. The fourth-order valence-electron chi connectivity index (χ4n) is 3.12. The van der Waals surface area contributed by atoms with E-state index in [9.17, 15) is 9.50 Å². The molecule has 4 heteroatoms. The molecule has 1 heterocycles. The molecule has 1 aromatic rings. The molecule has 2 aliphatic rings. The summed E-state index contributed by atoms with van der Waals surface area (Å²) in [4.78, 5) is 2.33. The van der Waals surface area contributed by atoms with Crippen molar-refractivity contribution in [3.8, 4) is 5.75 Å². The average Bonchev–Trinajstić information content (AvgIpc) is 3.27. The van der Waals surface area contributed by atoms with Crippen LogP contribution in [0.3, 0.4) is 0 Å². The highest BCUT2D eigenvalue weighted by molar-refractivity contribution is 5.42. The number of aryl methyl sites for hydroxylation is 1. The van der Waals surface area contributed by atoms with Crippen LogP contribution in [0.4, 0.5) is 4.39 Å². The van der Waals surface area contributed by atoms with E-state index in [0.717, 1.165) is 38.2 Å². The minimum absolute atomic E-state index is 0.0181. The van der Waals surface area contributed by atoms with Crippen LogP contribution in [0.2, 0.25) is 0 Å². The van der Waals surface area contributed by atoms with Crippen LogP contribution in [-0.4, -0.2) is 36.2 Å². The molecule has 0 aromatic heterocycles. The molecular formula is C16H23FN2O. The van der Waals surface area contributed by atoms with Crippen molar-refractivity contribution in [1.82, 2.24) is 10.2 Å². The van der Waals surface area contributed by atoms with Crippen LogP contribution >= 0.6 is 0 Å². The van der Waals surface area contributed by atoms with Gasteiger partial charge in [0.15, 0.2) is 0 Å². The van der Waals surface area contributed by atoms with Crippen LogP contribution in [-0.2, 0) is 0 Å². The number of benzene rings is 1. The number of nitrogens with zero attached hydrogens (tertiary/aromatic N) is 1. The lowest BCUT2D eigenvalue weighted by Gasteiger charge is -2.36. The van der Waals surface area contributed by atoms with Gasteiger partial charge in [0.25, 0.3) is 0 Å². The van der Waals surface area contributed by atoms with Crippen molar-refractivity contribution in [2.24, 2.45) is 5.92 Å². The van der Waals surface area contributed by atoms with Crippen LogP contribution in [0.5, 0.6) is 5.75 Å². The standard InChI is InChI=1S/C16H23FN2O/c1-11-2-5-13(17)15(16(11)20)14(10-12-3-4-12)19-8-6-18-7-9-19/h2,5,12,14,18,20H,3-4,6-10H2,1H3/t14-/m1/s1. The van der Waals surface area contributed by atoms with Gasteiger partial charge in [-0.15, -0.1) is 0 Å². The zero-order valence-corrected chi connectivity index (χ0v) is 12.0. The number of hydrogen-bond acceptors (Lipinski definition) is 3. The molecule has 1 aromatic carbocycles. The Kier molecular flexibility index (Phi) is 3.94. The fourth-order valence-corrected chi connectivity index (χ4v) is 3.12. The number of aromatic hydroxyl groups is 1. The SMILES string of the molecule is Cc1ccc(F)c([C@@H](CC2CC2)N2CCNCC2)c1O. The van der Waals surface area contributed by atoms with Crippen molar-refractivity contribution in [2.75, 3.05) is 26.2 Å². The normalized spacial score (nSPS) is 21.9. The molecule has 1 aliphatic carbocycles. The Morgan fingerprint density at radius 2 is 2.05 bits per heavy atom. The molecule has 0 bridgehead atoms. The van der Waals surface area contributed by atoms with Crippen molar-refractivity contribution in [2.45, 2.75) is 32.2 Å². The van der Waals surface area contributed by atoms with Crippen molar-refractivity contribution in [3.63, 3.8) is 0 Å². The lowest BCUT2D eigenvalue weighted by molar-refractivity contribution is 0.154. The minimum Gasteiger partial charge on any atom is -0.507 e. The van der Waals surface area contributed by atoms with E-state index in [2.05, 4.69) is 10.2 Å². The molecule has 1 aliphatic heterocycles. The van der Waals surface area contributed by atoms with E-state index in [-0.39, 0.29) is 17.6 Å². The second-order valence-corrected chi connectivity index (χ2v) is 6.11. The number of piperazine rings is 1. The first-order valence-corrected chi connectivity index (χ1v) is 7.59. The van der Waals surface area contributed by atoms with Gasteiger partial charge in [-0.3, -0.25) is 4.90 Å². The monoisotopic (exact) mass is 278 g/mol. The molecule has 3 nitrogen and oxygen atoms in total. The van der Waals surface area contributed by atoms with Crippen molar-refractivity contribution < 1.29 is 9.50 Å². The molecule has 0 unspecified atom stereocenters. The molecule has 1 saturated heterocycles. The fraction of sp³-hybridized carbons (Fsp3) is 0.625. The van der Waals surface area contributed by atoms with Gasteiger partial charge in [0.05, 0.1) is 0 Å². The predicted molar refractivity (Wildman–Crippen MR) is 77.3 cm³/mol. The van der Waals surface area contributed by atoms with Crippen LogP contribution in [0.15, 0.2) is 12.1 Å². The first-order chi connectivity index (χ1) is 9.66. The Bertz CT molecular complexity index is 482. The highest BCUT2D eigenvalue weighted by Crippen LogP contribution is 2.43. The number of hydrogen-bond donors (Lipinski definition) is 2. The summed E-state index contributed by atoms with van der Waals surface area (Å²) in [5.41, 5.74) is 1.27. The summed E-state index contributed by atoms with van der Waals surface area (Å²) in [5, 5.41) is 13.7. The number of phenols is 1. The number of halogens is 1. The number of nitrogens with one attached hydrogen (secondary N) is 1. The molecular weight excluding hydrogens is 255 g/mol. The highest BCUT2D eigenvalue weighted by Gasteiger charge is 2.33. The van der Waals surface area contributed by atoms with Gasteiger partial charge in [-0.1, -0.05) is 18.9 Å². The molecule has 2 N–H and O–H groups in total. The smallest absolute Gasteiger partial charge is 0.131 e. The van der Waals surface area contributed by atoms with Gasteiger partial charge in [0.1, 0.15) is 11.6 Å². The third-order valence-electron chi connectivity index (χ3n) is 4.54. The van der Waals surface area contributed by atoms with Gasteiger partial charge in [0.2, 0.25) is 0 Å². The first kappa shape index (κ1) is 13.8. The van der Waals surface area contributed by atoms with E-state index in [4.69, 9.17) is 0 Å². The van der Waals surface area contributed by atoms with Gasteiger partial charge < -0.3 is 10.4 Å². The molecule has 1 atom stereocenters. The minimum atomic E-state index is -0.266. The quantitative estimate of drug-likeness (QED) is 0.888. The lowest BCUT2D eigenvalue weighted by atomic mass is 9.95. The molecule has 110 valence electrons. The molecule has 0 spiro atoms. The second kappa shape index (κ2) is 5.70. The molecule has 0 amide bonds. The summed E-state index contributed by atoms with van der Waals surface area (Å²) in [7, 11) is 0. The molecule has 0 radical (unpaired) electrons. The van der Waals surface area contributed by atoms with Gasteiger partial charge >= 0.3 is 0 Å². The van der Waals surface area contributed by atoms with Crippen LogP contribution in [0, 0.1) is 18.7 Å². The Morgan fingerprint density at radius 1 is 1.35 bits per heavy atom. The molecule has 1 saturated carbocycles. The van der Waals surface area contributed by atoms with Crippen molar-refractivity contribution in [3.05, 3.63) is 29.1 Å². The van der Waals surface area contributed by atoms with Gasteiger partial charge in [-0.25, -0.2) is 4.39 Å². The van der Waals surface area contributed by atoms with Crippen molar-refractivity contribution in [1.29, 1.82) is 0 Å². The Labute approximate surface area is 119 Å². The summed E-state index contributed by atoms with van der Waals surface area (Å²) in [6.07, 6.45) is 3.46. The maximum atomic E-state index is 14.3. The topological polar surface area (TPSA) is 35.5 Å². The van der Waals surface area contributed by atoms with E-state index >= 15 is 0 Å². The summed E-state index contributed by atoms with van der Waals surface area (Å²) in [6.45, 7) is 5.56. The second-order valence-electron chi connectivity index (χ2n) is 6.11. The van der Waals surface area contributed by atoms with Crippen molar-refractivity contribution >= 4 is 0 Å². The van der Waals surface area contributed by atoms with Crippen LogP contribution < -0.4 is 5.32 Å². The largest absolute Gasteiger partial charge is 0.507 e. The summed E-state index contributed by atoms with van der Waals surface area (Å²) in [5.74, 6) is 0.584.